The first-order valence-corrected chi connectivity index (χ1v) is 7.53. The van der Waals surface area contributed by atoms with Gasteiger partial charge < -0.3 is 4.74 Å². The Morgan fingerprint density at radius 1 is 0.824 bits per heavy atom. The van der Waals surface area contributed by atoms with E-state index in [1.165, 1.54) is 64.2 Å². The highest BCUT2D eigenvalue weighted by Crippen LogP contribution is 2.18. The number of hydrogen-bond acceptors (Lipinski definition) is 1. The third-order valence-corrected chi connectivity index (χ3v) is 3.55. The second-order valence-corrected chi connectivity index (χ2v) is 5.59. The predicted molar refractivity (Wildman–Crippen MR) is 77.2 cm³/mol. The van der Waals surface area contributed by atoms with E-state index in [1.54, 1.807) is 7.11 Å². The highest BCUT2D eigenvalue weighted by Gasteiger charge is 2.14. The fraction of sp³-hybridized carbons (Fsp3) is 0.938. The van der Waals surface area contributed by atoms with Gasteiger partial charge in [-0.05, 0) is 20.3 Å². The fourth-order valence-electron chi connectivity index (χ4n) is 2.09. The monoisotopic (exact) mass is 241 g/mol. The molecule has 0 aromatic heterocycles. The third kappa shape index (κ3) is 12.2. The van der Waals surface area contributed by atoms with E-state index in [-0.39, 0.29) is 5.60 Å². The molecule has 0 aromatic rings. The summed E-state index contributed by atoms with van der Waals surface area (Å²) in [6.07, 6.45) is 15.0. The van der Waals surface area contributed by atoms with Gasteiger partial charge in [-0.3, -0.25) is 0 Å². The van der Waals surface area contributed by atoms with E-state index < -0.39 is 0 Å². The Balaban J connectivity index is 3.09. The van der Waals surface area contributed by atoms with Crippen molar-refractivity contribution in [2.24, 2.45) is 0 Å². The van der Waals surface area contributed by atoms with Gasteiger partial charge in [-0.15, -0.1) is 0 Å². The average molecular weight is 241 g/mol. The Hall–Kier alpha value is -0.0400. The van der Waals surface area contributed by atoms with E-state index in [4.69, 9.17) is 4.74 Å². The molecule has 0 N–H and O–H groups in total. The summed E-state index contributed by atoms with van der Waals surface area (Å²) >= 11 is 0. The first kappa shape index (κ1) is 17.0. The maximum atomic E-state index is 5.31. The van der Waals surface area contributed by atoms with Crippen molar-refractivity contribution in [3.05, 3.63) is 6.92 Å². The van der Waals surface area contributed by atoms with E-state index in [2.05, 4.69) is 20.8 Å². The quantitative estimate of drug-likeness (QED) is 0.408. The van der Waals surface area contributed by atoms with Crippen LogP contribution in [0.5, 0.6) is 0 Å². The van der Waals surface area contributed by atoms with Crippen LogP contribution in [0.25, 0.3) is 0 Å². The second kappa shape index (κ2) is 11.1. The number of methoxy groups -OCH3 is 1. The Labute approximate surface area is 109 Å². The zero-order valence-electron chi connectivity index (χ0n) is 12.4. The van der Waals surface area contributed by atoms with Gasteiger partial charge in [-0.25, -0.2) is 0 Å². The topological polar surface area (TPSA) is 9.23 Å². The number of unbranched alkanes of at least 4 members (excludes halogenated alkanes) is 9. The zero-order chi connectivity index (χ0) is 13.0. The van der Waals surface area contributed by atoms with Crippen molar-refractivity contribution < 1.29 is 4.74 Å². The van der Waals surface area contributed by atoms with Crippen molar-refractivity contribution in [1.29, 1.82) is 0 Å². The Kier molecular flexibility index (Phi) is 11.0. The van der Waals surface area contributed by atoms with Gasteiger partial charge in [0, 0.05) is 7.11 Å². The molecule has 0 aliphatic rings. The molecule has 0 aromatic carbocycles. The molecule has 17 heavy (non-hydrogen) atoms. The summed E-state index contributed by atoms with van der Waals surface area (Å²) in [5.74, 6) is 0. The molecule has 0 saturated heterocycles. The molecule has 0 aliphatic carbocycles. The number of rotatable bonds is 12. The molecule has 0 amide bonds. The summed E-state index contributed by atoms with van der Waals surface area (Å²) in [5.41, 5.74) is -0.167. The van der Waals surface area contributed by atoms with Crippen molar-refractivity contribution in [2.45, 2.75) is 90.1 Å². The lowest BCUT2D eigenvalue weighted by Gasteiger charge is -2.22. The lowest BCUT2D eigenvalue weighted by Crippen LogP contribution is -2.22. The normalized spacial score (nSPS) is 12.0. The molecule has 0 bridgehead atoms. The van der Waals surface area contributed by atoms with Crippen molar-refractivity contribution >= 4 is 0 Å². The lowest BCUT2D eigenvalue weighted by molar-refractivity contribution is 0.0365. The minimum absolute atomic E-state index is 0.167. The van der Waals surface area contributed by atoms with Gasteiger partial charge >= 0.3 is 0 Å². The van der Waals surface area contributed by atoms with Crippen molar-refractivity contribution in [3.8, 4) is 0 Å². The minimum atomic E-state index is -0.167. The average Bonchev–Trinajstić information content (AvgIpc) is 2.31. The Bertz CT molecular complexity index is 152. The third-order valence-electron chi connectivity index (χ3n) is 3.55. The van der Waals surface area contributed by atoms with Crippen molar-refractivity contribution in [3.63, 3.8) is 0 Å². The smallest absolute Gasteiger partial charge is 0.0651 e. The van der Waals surface area contributed by atoms with Crippen LogP contribution in [0.4, 0.5) is 0 Å². The van der Waals surface area contributed by atoms with Gasteiger partial charge in [-0.2, -0.15) is 0 Å². The van der Waals surface area contributed by atoms with Crippen LogP contribution >= 0.6 is 0 Å². The molecule has 1 heteroatoms. The van der Waals surface area contributed by atoms with Crippen molar-refractivity contribution in [2.75, 3.05) is 7.11 Å². The van der Waals surface area contributed by atoms with Crippen LogP contribution in [0.1, 0.15) is 84.5 Å². The maximum absolute atomic E-state index is 5.31. The molecule has 0 fully saturated rings. The molecular formula is C16H33O. The van der Waals surface area contributed by atoms with Crippen LogP contribution in [-0.4, -0.2) is 12.7 Å². The van der Waals surface area contributed by atoms with Crippen LogP contribution in [0.15, 0.2) is 0 Å². The predicted octanol–water partition coefficient (Wildman–Crippen LogP) is 5.54. The van der Waals surface area contributed by atoms with E-state index in [0.717, 1.165) is 6.42 Å². The lowest BCUT2D eigenvalue weighted by atomic mass is 9.99. The number of hydrogen-bond donors (Lipinski definition) is 0. The van der Waals surface area contributed by atoms with Crippen LogP contribution in [0, 0.1) is 6.92 Å². The van der Waals surface area contributed by atoms with Gasteiger partial charge in [0.1, 0.15) is 0 Å². The minimum Gasteiger partial charge on any atom is -0.379 e. The summed E-state index contributed by atoms with van der Waals surface area (Å²) in [6.45, 7) is 8.39. The largest absolute Gasteiger partial charge is 0.379 e. The van der Waals surface area contributed by atoms with Gasteiger partial charge in [0.25, 0.3) is 0 Å². The van der Waals surface area contributed by atoms with Gasteiger partial charge in [0.15, 0.2) is 0 Å². The zero-order valence-corrected chi connectivity index (χ0v) is 12.4. The highest BCUT2D eigenvalue weighted by molar-refractivity contribution is 4.76. The maximum Gasteiger partial charge on any atom is 0.0651 e. The Morgan fingerprint density at radius 2 is 1.24 bits per heavy atom. The fourth-order valence-corrected chi connectivity index (χ4v) is 2.09. The van der Waals surface area contributed by atoms with E-state index in [1.807, 2.05) is 0 Å². The molecule has 0 aliphatic heterocycles. The summed E-state index contributed by atoms with van der Waals surface area (Å²) < 4.78 is 5.31. The van der Waals surface area contributed by atoms with Crippen LogP contribution in [0.3, 0.4) is 0 Å². The standard InChI is InChI=1S/C16H33O/c1-5-6-7-8-9-10-11-12-13-14-15-16(2,3)17-4/h2,5-15H2,1,3-4H3. The molecular weight excluding hydrogens is 208 g/mol. The van der Waals surface area contributed by atoms with Crippen LogP contribution < -0.4 is 0 Å². The highest BCUT2D eigenvalue weighted by atomic mass is 16.5. The summed E-state index contributed by atoms with van der Waals surface area (Å²) in [5, 5.41) is 0. The first-order valence-electron chi connectivity index (χ1n) is 7.53. The van der Waals surface area contributed by atoms with Gasteiger partial charge in [0.2, 0.25) is 0 Å². The SMILES string of the molecule is [CH2]C(C)(CCCCCCCCCCCC)OC. The van der Waals surface area contributed by atoms with E-state index >= 15 is 0 Å². The van der Waals surface area contributed by atoms with Crippen LogP contribution in [-0.2, 0) is 4.74 Å². The molecule has 0 saturated carbocycles. The van der Waals surface area contributed by atoms with Crippen LogP contribution in [0.2, 0.25) is 0 Å². The van der Waals surface area contributed by atoms with Crippen molar-refractivity contribution in [1.82, 2.24) is 0 Å². The van der Waals surface area contributed by atoms with Gasteiger partial charge in [0.05, 0.1) is 5.60 Å². The number of ether oxygens (including phenoxy) is 1. The molecule has 0 spiro atoms. The second-order valence-electron chi connectivity index (χ2n) is 5.59. The molecule has 1 nitrogen and oxygen atoms in total. The molecule has 103 valence electrons. The first-order chi connectivity index (χ1) is 8.12. The summed E-state index contributed by atoms with van der Waals surface area (Å²) in [4.78, 5) is 0. The molecule has 1 atom stereocenters. The van der Waals surface area contributed by atoms with E-state index in [0.29, 0.717) is 0 Å². The van der Waals surface area contributed by atoms with Gasteiger partial charge in [-0.1, -0.05) is 71.1 Å². The Morgan fingerprint density at radius 3 is 1.65 bits per heavy atom. The molecule has 0 rings (SSSR count). The molecule has 1 radical (unpaired) electrons. The molecule has 1 unspecified atom stereocenters. The molecule has 0 heterocycles. The summed E-state index contributed by atoms with van der Waals surface area (Å²) in [6, 6.07) is 0. The summed E-state index contributed by atoms with van der Waals surface area (Å²) in [7, 11) is 1.75. The van der Waals surface area contributed by atoms with E-state index in [9.17, 15) is 0 Å².